The molecule has 2 aromatic carbocycles. The van der Waals surface area contributed by atoms with Crippen molar-refractivity contribution in [2.24, 2.45) is 5.73 Å². The van der Waals surface area contributed by atoms with Gasteiger partial charge < -0.3 is 26.2 Å². The molecule has 3 rings (SSSR count). The first kappa shape index (κ1) is 23.8. The number of nitrogens with one attached hydrogen (secondary N) is 1. The Hall–Kier alpha value is -2.82. The average molecular weight is 475 g/mol. The highest BCUT2D eigenvalue weighted by molar-refractivity contribution is 8.04. The lowest BCUT2D eigenvalue weighted by molar-refractivity contribution is -0.119. The molecule has 0 fully saturated rings. The van der Waals surface area contributed by atoms with Crippen LogP contribution < -0.4 is 16.8 Å². The molecular weight excluding hydrogens is 448 g/mol. The van der Waals surface area contributed by atoms with Crippen molar-refractivity contribution in [1.82, 2.24) is 10.2 Å². The highest BCUT2D eigenvalue weighted by Crippen LogP contribution is 2.40. The third-order valence-corrected chi connectivity index (χ3v) is 6.82. The topological polar surface area (TPSA) is 139 Å². The number of aryl methyl sites for hydroxylation is 1. The summed E-state index contributed by atoms with van der Waals surface area (Å²) in [6, 6.07) is 14.9. The Morgan fingerprint density at radius 2 is 1.66 bits per heavy atom. The van der Waals surface area contributed by atoms with Crippen LogP contribution in [-0.2, 0) is 39.4 Å². The molecule has 1 aliphatic heterocycles. The second kappa shape index (κ2) is 10.7. The molecule has 6 N–H and O–H groups in total. The van der Waals surface area contributed by atoms with Crippen LogP contribution in [0, 0.1) is 0 Å². The first-order valence-electron chi connectivity index (χ1n) is 9.96. The fourth-order valence-corrected chi connectivity index (χ4v) is 5.19. The summed E-state index contributed by atoms with van der Waals surface area (Å²) in [5.41, 5.74) is 15.2. The number of amides is 2. The highest BCUT2D eigenvalue weighted by Gasteiger charge is 2.35. The second-order valence-corrected chi connectivity index (χ2v) is 9.48. The predicted molar refractivity (Wildman–Crippen MR) is 127 cm³/mol. The molecule has 2 amide bonds. The number of hydrogen-bond acceptors (Lipinski definition) is 6. The van der Waals surface area contributed by atoms with E-state index in [1.54, 1.807) is 12.1 Å². The molecule has 0 saturated heterocycles. The molecule has 0 saturated carbocycles. The largest absolute Gasteiger partial charge is 0.399 e. The number of carbonyl (C=O) groups is 2. The van der Waals surface area contributed by atoms with E-state index in [1.165, 1.54) is 18.7 Å². The van der Waals surface area contributed by atoms with E-state index in [2.05, 4.69) is 5.32 Å². The molecule has 1 aliphatic rings. The molecule has 2 aromatic rings. The van der Waals surface area contributed by atoms with Crippen molar-refractivity contribution < 1.29 is 18.4 Å². The number of hydrogen-bond donors (Lipinski definition) is 4. The normalized spacial score (nSPS) is 16.8. The zero-order valence-corrected chi connectivity index (χ0v) is 19.2. The molecule has 0 radical (unpaired) electrons. The standard InChI is InChI=1S/C22H26N4O4S2/c1-14(27)25-22-26(12-16-2-4-17(5-3-16)13-32(29)30)19(20(31-22)21(24)28)11-8-15-6-9-18(23)10-7-15/h2-7,9-10,22H,8,11-13,23H2,1H3,(H2,24,28)(H,25,27)(H,29,30). The van der Waals surface area contributed by atoms with Crippen LogP contribution in [-0.4, -0.2) is 31.0 Å². The zero-order chi connectivity index (χ0) is 23.3. The van der Waals surface area contributed by atoms with E-state index in [1.807, 2.05) is 41.3 Å². The first-order chi connectivity index (χ1) is 15.2. The summed E-state index contributed by atoms with van der Waals surface area (Å²) in [4.78, 5) is 26.4. The quantitative estimate of drug-likeness (QED) is 0.323. The summed E-state index contributed by atoms with van der Waals surface area (Å²) < 4.78 is 20.1. The smallest absolute Gasteiger partial charge is 0.257 e. The molecular formula is C22H26N4O4S2. The molecule has 1 heterocycles. The monoisotopic (exact) mass is 474 g/mol. The number of primary amides is 1. The lowest BCUT2D eigenvalue weighted by atomic mass is 10.1. The van der Waals surface area contributed by atoms with Crippen molar-refractivity contribution in [3.63, 3.8) is 0 Å². The van der Waals surface area contributed by atoms with Crippen molar-refractivity contribution >= 4 is 40.3 Å². The number of nitrogen functional groups attached to an aromatic ring is 1. The van der Waals surface area contributed by atoms with Crippen LogP contribution >= 0.6 is 11.8 Å². The number of benzene rings is 2. The number of nitrogens with two attached hydrogens (primary N) is 2. The van der Waals surface area contributed by atoms with Crippen LogP contribution in [0.1, 0.15) is 30.0 Å². The van der Waals surface area contributed by atoms with Gasteiger partial charge in [0.15, 0.2) is 16.6 Å². The fraction of sp³-hybridized carbons (Fsp3) is 0.273. The summed E-state index contributed by atoms with van der Waals surface area (Å²) in [5, 5.41) is 2.88. The van der Waals surface area contributed by atoms with E-state index in [4.69, 9.17) is 16.0 Å². The minimum absolute atomic E-state index is 0.0624. The lowest BCUT2D eigenvalue weighted by Gasteiger charge is -2.29. The number of carbonyl (C=O) groups excluding carboxylic acids is 2. The van der Waals surface area contributed by atoms with Gasteiger partial charge in [-0.3, -0.25) is 9.59 Å². The number of anilines is 1. The molecule has 0 aromatic heterocycles. The third kappa shape index (κ3) is 6.35. The van der Waals surface area contributed by atoms with E-state index in [0.717, 1.165) is 22.4 Å². The number of thioether (sulfide) groups is 1. The minimum Gasteiger partial charge on any atom is -0.399 e. The van der Waals surface area contributed by atoms with Gasteiger partial charge in [-0.05, 0) is 41.7 Å². The van der Waals surface area contributed by atoms with Crippen molar-refractivity contribution in [3.8, 4) is 0 Å². The second-order valence-electron chi connectivity index (χ2n) is 7.46. The fourth-order valence-electron chi connectivity index (χ4n) is 3.46. The Morgan fingerprint density at radius 1 is 1.06 bits per heavy atom. The van der Waals surface area contributed by atoms with Gasteiger partial charge in [-0.25, -0.2) is 4.21 Å². The number of nitrogens with zero attached hydrogens (tertiary/aromatic N) is 1. The van der Waals surface area contributed by atoms with Crippen molar-refractivity contribution in [2.75, 3.05) is 5.73 Å². The Balaban J connectivity index is 1.85. The number of allylic oxidation sites excluding steroid dienone is 1. The summed E-state index contributed by atoms with van der Waals surface area (Å²) in [6.07, 6.45) is 1.24. The zero-order valence-electron chi connectivity index (χ0n) is 17.6. The van der Waals surface area contributed by atoms with Gasteiger partial charge in [0.2, 0.25) is 5.91 Å². The molecule has 2 unspecified atom stereocenters. The summed E-state index contributed by atoms with van der Waals surface area (Å²) in [7, 11) is 0. The maximum absolute atomic E-state index is 12.2. The van der Waals surface area contributed by atoms with Crippen LogP contribution in [0.5, 0.6) is 0 Å². The lowest BCUT2D eigenvalue weighted by Crippen LogP contribution is -2.41. The van der Waals surface area contributed by atoms with E-state index < -0.39 is 22.5 Å². The molecule has 0 bridgehead atoms. The minimum atomic E-state index is -1.91. The molecule has 170 valence electrons. The van der Waals surface area contributed by atoms with Crippen LogP contribution in [0.2, 0.25) is 0 Å². The van der Waals surface area contributed by atoms with Gasteiger partial charge in [0.25, 0.3) is 5.91 Å². The van der Waals surface area contributed by atoms with Crippen molar-refractivity contribution in [1.29, 1.82) is 0 Å². The average Bonchev–Trinajstić information content (AvgIpc) is 3.05. The highest BCUT2D eigenvalue weighted by atomic mass is 32.2. The SMILES string of the molecule is CC(=O)NC1SC(C(N)=O)=C(CCc2ccc(N)cc2)N1Cc1ccc(CS(=O)O)cc1. The molecule has 0 aliphatic carbocycles. The van der Waals surface area contributed by atoms with Gasteiger partial charge >= 0.3 is 0 Å². The summed E-state index contributed by atoms with van der Waals surface area (Å²) in [6.45, 7) is 1.87. The Labute approximate surface area is 193 Å². The Bertz CT molecular complexity index is 1040. The van der Waals surface area contributed by atoms with Crippen LogP contribution in [0.4, 0.5) is 5.69 Å². The Morgan fingerprint density at radius 3 is 2.22 bits per heavy atom. The predicted octanol–water partition coefficient (Wildman–Crippen LogP) is 2.29. The van der Waals surface area contributed by atoms with Crippen molar-refractivity contribution in [3.05, 3.63) is 75.8 Å². The summed E-state index contributed by atoms with van der Waals surface area (Å²) in [5.74, 6) is -0.676. The first-order valence-corrected chi connectivity index (χ1v) is 12.1. The van der Waals surface area contributed by atoms with E-state index in [-0.39, 0.29) is 11.7 Å². The molecule has 2 atom stereocenters. The van der Waals surface area contributed by atoms with Gasteiger partial charge in [-0.1, -0.05) is 48.2 Å². The van der Waals surface area contributed by atoms with E-state index in [0.29, 0.717) is 30.0 Å². The van der Waals surface area contributed by atoms with Gasteiger partial charge in [-0.2, -0.15) is 0 Å². The van der Waals surface area contributed by atoms with Gasteiger partial charge in [0.1, 0.15) is 0 Å². The summed E-state index contributed by atoms with van der Waals surface area (Å²) >= 11 is -0.668. The van der Waals surface area contributed by atoms with Crippen LogP contribution in [0.25, 0.3) is 0 Å². The number of rotatable bonds is 9. The maximum atomic E-state index is 12.2. The third-order valence-electron chi connectivity index (χ3n) is 4.97. The van der Waals surface area contributed by atoms with E-state index >= 15 is 0 Å². The van der Waals surface area contributed by atoms with Gasteiger partial charge in [-0.15, -0.1) is 0 Å². The van der Waals surface area contributed by atoms with Crippen LogP contribution in [0.15, 0.2) is 59.1 Å². The molecule has 0 spiro atoms. The molecule has 10 heteroatoms. The molecule has 32 heavy (non-hydrogen) atoms. The molecule has 8 nitrogen and oxygen atoms in total. The Kier molecular flexibility index (Phi) is 7.94. The van der Waals surface area contributed by atoms with Crippen LogP contribution in [0.3, 0.4) is 0 Å². The van der Waals surface area contributed by atoms with E-state index in [9.17, 15) is 13.8 Å². The van der Waals surface area contributed by atoms with Crippen molar-refractivity contribution in [2.45, 2.75) is 37.6 Å². The maximum Gasteiger partial charge on any atom is 0.257 e. The van der Waals surface area contributed by atoms with Gasteiger partial charge in [0.05, 0.1) is 10.7 Å². The van der Waals surface area contributed by atoms with Gasteiger partial charge in [0, 0.05) is 24.9 Å².